The van der Waals surface area contributed by atoms with Crippen molar-refractivity contribution in [2.45, 2.75) is 18.9 Å². The molecule has 28 heavy (non-hydrogen) atoms. The zero-order valence-electron chi connectivity index (χ0n) is 15.8. The summed E-state index contributed by atoms with van der Waals surface area (Å²) in [6.45, 7) is 1.08. The largest absolute Gasteiger partial charge is 0.493 e. The highest BCUT2D eigenvalue weighted by Crippen LogP contribution is 2.21. The van der Waals surface area contributed by atoms with Gasteiger partial charge in [-0.1, -0.05) is 42.5 Å². The molecule has 0 aliphatic rings. The van der Waals surface area contributed by atoms with Gasteiger partial charge >= 0.3 is 5.97 Å². The Kier molecular flexibility index (Phi) is 6.87. The highest BCUT2D eigenvalue weighted by molar-refractivity contribution is 5.83. The summed E-state index contributed by atoms with van der Waals surface area (Å²) < 4.78 is 16.6. The second kappa shape index (κ2) is 9.76. The molecule has 1 atom stereocenters. The summed E-state index contributed by atoms with van der Waals surface area (Å²) in [4.78, 5) is 11.1. The Balaban J connectivity index is 1.44. The maximum absolute atomic E-state index is 11.1. The maximum Gasteiger partial charge on any atom is 0.333 e. The van der Waals surface area contributed by atoms with Crippen LogP contribution in [-0.2, 0) is 16.0 Å². The lowest BCUT2D eigenvalue weighted by atomic mass is 10.1. The van der Waals surface area contributed by atoms with Crippen molar-refractivity contribution < 1.29 is 24.1 Å². The Morgan fingerprint density at radius 1 is 0.893 bits per heavy atom. The molecule has 1 N–H and O–H groups in total. The number of aliphatic carboxylic acids is 1. The van der Waals surface area contributed by atoms with Crippen molar-refractivity contribution in [1.29, 1.82) is 0 Å². The third-order valence-electron chi connectivity index (χ3n) is 4.43. The monoisotopic (exact) mass is 380 g/mol. The van der Waals surface area contributed by atoms with E-state index >= 15 is 0 Å². The van der Waals surface area contributed by atoms with Crippen LogP contribution in [-0.4, -0.2) is 37.5 Å². The fourth-order valence-corrected chi connectivity index (χ4v) is 2.94. The van der Waals surface area contributed by atoms with Gasteiger partial charge in [0.05, 0.1) is 13.2 Å². The van der Waals surface area contributed by atoms with Crippen LogP contribution in [0.25, 0.3) is 10.8 Å². The molecule has 0 saturated carbocycles. The summed E-state index contributed by atoms with van der Waals surface area (Å²) in [5.41, 5.74) is 0.860. The van der Waals surface area contributed by atoms with E-state index in [0.717, 1.165) is 23.1 Å². The van der Waals surface area contributed by atoms with Gasteiger partial charge in [0.1, 0.15) is 11.5 Å². The van der Waals surface area contributed by atoms with E-state index in [0.29, 0.717) is 25.4 Å². The second-order valence-electron chi connectivity index (χ2n) is 6.47. The number of carboxylic acids is 1. The Morgan fingerprint density at radius 3 is 2.32 bits per heavy atom. The topological polar surface area (TPSA) is 65.0 Å². The van der Waals surface area contributed by atoms with Crippen molar-refractivity contribution in [2.24, 2.45) is 0 Å². The molecule has 0 heterocycles. The minimum atomic E-state index is -0.973. The molecule has 0 fully saturated rings. The number of rotatable bonds is 10. The first-order chi connectivity index (χ1) is 13.7. The van der Waals surface area contributed by atoms with Gasteiger partial charge in [0.2, 0.25) is 0 Å². The van der Waals surface area contributed by atoms with Gasteiger partial charge in [0, 0.05) is 20.0 Å². The van der Waals surface area contributed by atoms with Gasteiger partial charge in [-0.15, -0.1) is 0 Å². The lowest BCUT2D eigenvalue weighted by Gasteiger charge is -2.12. The zero-order valence-corrected chi connectivity index (χ0v) is 15.8. The Bertz CT molecular complexity index is 922. The molecule has 0 radical (unpaired) electrons. The van der Waals surface area contributed by atoms with Crippen molar-refractivity contribution in [1.82, 2.24) is 0 Å². The quantitative estimate of drug-likeness (QED) is 0.531. The van der Waals surface area contributed by atoms with E-state index < -0.39 is 12.1 Å². The van der Waals surface area contributed by atoms with Gasteiger partial charge in [0.15, 0.2) is 6.10 Å². The third-order valence-corrected chi connectivity index (χ3v) is 4.43. The van der Waals surface area contributed by atoms with Gasteiger partial charge < -0.3 is 19.3 Å². The van der Waals surface area contributed by atoms with Crippen LogP contribution in [0.15, 0.2) is 66.7 Å². The van der Waals surface area contributed by atoms with Crippen LogP contribution in [0.1, 0.15) is 12.0 Å². The van der Waals surface area contributed by atoms with Gasteiger partial charge in [-0.05, 0) is 40.6 Å². The van der Waals surface area contributed by atoms with E-state index in [4.69, 9.17) is 19.3 Å². The number of hydrogen-bond donors (Lipinski definition) is 1. The standard InChI is InChI=1S/C23H24O5/c1-26-22(23(24)25)15-17-6-4-9-20(14-17)27-12-5-13-28-21-11-10-18-7-2-3-8-19(18)16-21/h2-4,6-11,14,16,22H,5,12-13,15H2,1H3,(H,24,25). The zero-order chi connectivity index (χ0) is 19.8. The number of fused-ring (bicyclic) bond motifs is 1. The molecule has 0 saturated heterocycles. The molecular formula is C23H24O5. The molecule has 0 aromatic heterocycles. The first kappa shape index (κ1) is 19.7. The van der Waals surface area contributed by atoms with Crippen molar-refractivity contribution in [3.8, 4) is 11.5 Å². The highest BCUT2D eigenvalue weighted by Gasteiger charge is 2.16. The fraction of sp³-hybridized carbons (Fsp3) is 0.261. The minimum Gasteiger partial charge on any atom is -0.493 e. The SMILES string of the molecule is COC(Cc1cccc(OCCCOc2ccc3ccccc3c2)c1)C(=O)O. The first-order valence-electron chi connectivity index (χ1n) is 9.24. The lowest BCUT2D eigenvalue weighted by molar-refractivity contribution is -0.148. The van der Waals surface area contributed by atoms with Crippen molar-refractivity contribution in [3.05, 3.63) is 72.3 Å². The molecule has 5 nitrogen and oxygen atoms in total. The number of ether oxygens (including phenoxy) is 3. The van der Waals surface area contributed by atoms with Crippen molar-refractivity contribution in [2.75, 3.05) is 20.3 Å². The fourth-order valence-electron chi connectivity index (χ4n) is 2.94. The molecule has 3 aromatic carbocycles. The van der Waals surface area contributed by atoms with Crippen LogP contribution in [0.4, 0.5) is 0 Å². The summed E-state index contributed by atoms with van der Waals surface area (Å²) in [5, 5.41) is 11.4. The summed E-state index contributed by atoms with van der Waals surface area (Å²) in [7, 11) is 1.40. The van der Waals surface area contributed by atoms with E-state index in [1.807, 2.05) is 48.5 Å². The molecule has 3 aromatic rings. The predicted octanol–water partition coefficient (Wildman–Crippen LogP) is 4.33. The van der Waals surface area contributed by atoms with E-state index in [9.17, 15) is 4.79 Å². The molecular weight excluding hydrogens is 356 g/mol. The molecule has 146 valence electrons. The summed E-state index contributed by atoms with van der Waals surface area (Å²) in [6.07, 6.45) is 0.187. The molecule has 0 aliphatic carbocycles. The van der Waals surface area contributed by atoms with Crippen LogP contribution >= 0.6 is 0 Å². The van der Waals surface area contributed by atoms with Crippen molar-refractivity contribution >= 4 is 16.7 Å². The summed E-state index contributed by atoms with van der Waals surface area (Å²) in [5.74, 6) is 0.586. The molecule has 0 aliphatic heterocycles. The Morgan fingerprint density at radius 2 is 1.61 bits per heavy atom. The maximum atomic E-state index is 11.1. The van der Waals surface area contributed by atoms with Gasteiger partial charge in [-0.3, -0.25) is 0 Å². The Labute approximate surface area is 164 Å². The van der Waals surface area contributed by atoms with Gasteiger partial charge in [0.25, 0.3) is 0 Å². The van der Waals surface area contributed by atoms with E-state index in [-0.39, 0.29) is 0 Å². The normalized spacial score (nSPS) is 11.9. The van der Waals surface area contributed by atoms with Crippen LogP contribution < -0.4 is 9.47 Å². The van der Waals surface area contributed by atoms with Crippen LogP contribution in [0, 0.1) is 0 Å². The molecule has 0 bridgehead atoms. The van der Waals surface area contributed by atoms with E-state index in [1.165, 1.54) is 12.5 Å². The predicted molar refractivity (Wildman–Crippen MR) is 108 cm³/mol. The molecule has 5 heteroatoms. The van der Waals surface area contributed by atoms with Gasteiger partial charge in [-0.25, -0.2) is 4.79 Å². The highest BCUT2D eigenvalue weighted by atomic mass is 16.5. The van der Waals surface area contributed by atoms with Crippen LogP contribution in [0.3, 0.4) is 0 Å². The van der Waals surface area contributed by atoms with Crippen molar-refractivity contribution in [3.63, 3.8) is 0 Å². The number of methoxy groups -OCH3 is 1. The third kappa shape index (κ3) is 5.47. The van der Waals surface area contributed by atoms with Crippen LogP contribution in [0.2, 0.25) is 0 Å². The van der Waals surface area contributed by atoms with Gasteiger partial charge in [-0.2, -0.15) is 0 Å². The minimum absolute atomic E-state index is 0.300. The summed E-state index contributed by atoms with van der Waals surface area (Å²) >= 11 is 0. The average molecular weight is 380 g/mol. The molecule has 0 spiro atoms. The van der Waals surface area contributed by atoms with E-state index in [1.54, 1.807) is 0 Å². The number of carbonyl (C=O) groups is 1. The smallest absolute Gasteiger partial charge is 0.333 e. The first-order valence-corrected chi connectivity index (χ1v) is 9.24. The second-order valence-corrected chi connectivity index (χ2v) is 6.47. The Hall–Kier alpha value is -3.05. The molecule has 3 rings (SSSR count). The number of benzene rings is 3. The van der Waals surface area contributed by atoms with Crippen LogP contribution in [0.5, 0.6) is 11.5 Å². The molecule has 1 unspecified atom stereocenters. The number of hydrogen-bond acceptors (Lipinski definition) is 4. The average Bonchev–Trinajstić information content (AvgIpc) is 2.71. The van der Waals surface area contributed by atoms with E-state index in [2.05, 4.69) is 18.2 Å². The lowest BCUT2D eigenvalue weighted by Crippen LogP contribution is -2.24. The number of carboxylic acid groups (broad SMARTS) is 1. The molecule has 0 amide bonds. The summed E-state index contributed by atoms with van der Waals surface area (Å²) in [6, 6.07) is 21.7.